The zero-order valence-corrected chi connectivity index (χ0v) is 11.9. The van der Waals surface area contributed by atoms with Gasteiger partial charge in [0.05, 0.1) is 14.2 Å². The van der Waals surface area contributed by atoms with Crippen LogP contribution in [-0.2, 0) is 14.3 Å². The minimum atomic E-state index is -0.595. The Bertz CT molecular complexity index is 632. The Morgan fingerprint density at radius 3 is 2.33 bits per heavy atom. The zero-order chi connectivity index (χ0) is 15.1. The third kappa shape index (κ3) is 3.86. The highest BCUT2D eigenvalue weighted by Crippen LogP contribution is 2.24. The first-order valence-electron chi connectivity index (χ1n) is 6.39. The van der Waals surface area contributed by atoms with Crippen LogP contribution in [0.15, 0.2) is 66.6 Å². The molecule has 0 aliphatic heterocycles. The Balaban J connectivity index is 2.25. The number of hydrogen-bond donors (Lipinski definition) is 0. The second-order valence-corrected chi connectivity index (χ2v) is 4.21. The molecule has 2 aromatic carbocycles. The summed E-state index contributed by atoms with van der Waals surface area (Å²) in [6.07, 6.45) is 1.21. The molecule has 0 amide bonds. The minimum Gasteiger partial charge on any atom is -0.500 e. The Morgan fingerprint density at radius 1 is 0.952 bits per heavy atom. The Morgan fingerprint density at radius 2 is 1.67 bits per heavy atom. The summed E-state index contributed by atoms with van der Waals surface area (Å²) in [5.41, 5.74) is 2.06. The Hall–Kier alpha value is -2.75. The van der Waals surface area contributed by atoms with Gasteiger partial charge in [0.25, 0.3) is 0 Å². The number of hydrogen-bond acceptors (Lipinski definition) is 4. The summed E-state index contributed by atoms with van der Waals surface area (Å²) in [5.74, 6) is -0.0720. The van der Waals surface area contributed by atoms with E-state index in [0.717, 1.165) is 11.1 Å². The highest BCUT2D eigenvalue weighted by molar-refractivity contribution is 5.86. The van der Waals surface area contributed by atoms with Crippen molar-refractivity contribution in [3.8, 4) is 16.9 Å². The maximum atomic E-state index is 11.6. The van der Waals surface area contributed by atoms with E-state index in [2.05, 4.69) is 4.74 Å². The van der Waals surface area contributed by atoms with Gasteiger partial charge in [0, 0.05) is 0 Å². The minimum absolute atomic E-state index is 0.00906. The first-order chi connectivity index (χ1) is 10.2. The SMILES string of the molecule is COC=C(Oc1cccc(-c2ccccc2)c1)C(=O)OC. The summed E-state index contributed by atoms with van der Waals surface area (Å²) in [4.78, 5) is 11.6. The van der Waals surface area contributed by atoms with Gasteiger partial charge in [-0.15, -0.1) is 0 Å². The van der Waals surface area contributed by atoms with Crippen LogP contribution < -0.4 is 4.74 Å². The fourth-order valence-electron chi connectivity index (χ4n) is 1.82. The Kier molecular flexibility index (Phi) is 4.99. The van der Waals surface area contributed by atoms with Crippen LogP contribution >= 0.6 is 0 Å². The molecule has 0 heterocycles. The van der Waals surface area contributed by atoms with Crippen LogP contribution in [-0.4, -0.2) is 20.2 Å². The second kappa shape index (κ2) is 7.14. The molecule has 0 bridgehead atoms. The van der Waals surface area contributed by atoms with E-state index >= 15 is 0 Å². The molecule has 0 aliphatic rings. The van der Waals surface area contributed by atoms with Crippen molar-refractivity contribution in [2.24, 2.45) is 0 Å². The molecule has 0 aromatic heterocycles. The molecule has 0 spiro atoms. The maximum absolute atomic E-state index is 11.6. The molecule has 21 heavy (non-hydrogen) atoms. The lowest BCUT2D eigenvalue weighted by molar-refractivity contribution is -0.138. The lowest BCUT2D eigenvalue weighted by Gasteiger charge is -2.09. The standard InChI is InChI=1S/C17H16O4/c1-19-12-16(17(18)20-2)21-15-10-6-9-14(11-15)13-7-4-3-5-8-13/h3-12H,1-2H3. The molecule has 4 heteroatoms. The van der Waals surface area contributed by atoms with Gasteiger partial charge >= 0.3 is 5.97 Å². The van der Waals surface area contributed by atoms with Crippen molar-refractivity contribution < 1.29 is 19.0 Å². The molecular weight excluding hydrogens is 268 g/mol. The summed E-state index contributed by atoms with van der Waals surface area (Å²) in [6, 6.07) is 17.3. The van der Waals surface area contributed by atoms with Gasteiger partial charge in [-0.05, 0) is 23.3 Å². The normalized spacial score (nSPS) is 10.9. The van der Waals surface area contributed by atoms with Crippen LogP contribution in [0, 0.1) is 0 Å². The van der Waals surface area contributed by atoms with Crippen LogP contribution in [0.5, 0.6) is 5.75 Å². The zero-order valence-electron chi connectivity index (χ0n) is 11.9. The molecule has 108 valence electrons. The van der Waals surface area contributed by atoms with E-state index in [0.29, 0.717) is 5.75 Å². The van der Waals surface area contributed by atoms with E-state index in [1.165, 1.54) is 20.5 Å². The van der Waals surface area contributed by atoms with Crippen LogP contribution in [0.3, 0.4) is 0 Å². The number of carbonyl (C=O) groups excluding carboxylic acids is 1. The summed E-state index contributed by atoms with van der Waals surface area (Å²) in [7, 11) is 2.72. The van der Waals surface area contributed by atoms with Gasteiger partial charge < -0.3 is 14.2 Å². The van der Waals surface area contributed by atoms with E-state index in [4.69, 9.17) is 9.47 Å². The molecule has 0 N–H and O–H groups in total. The van der Waals surface area contributed by atoms with Gasteiger partial charge in [-0.3, -0.25) is 0 Å². The number of ether oxygens (including phenoxy) is 3. The maximum Gasteiger partial charge on any atom is 0.377 e. The predicted molar refractivity (Wildman–Crippen MR) is 79.6 cm³/mol. The van der Waals surface area contributed by atoms with Crippen molar-refractivity contribution in [1.29, 1.82) is 0 Å². The van der Waals surface area contributed by atoms with Crippen LogP contribution in [0.1, 0.15) is 0 Å². The summed E-state index contributed by atoms with van der Waals surface area (Å²) < 4.78 is 15.0. The third-order valence-corrected chi connectivity index (χ3v) is 2.78. The van der Waals surface area contributed by atoms with Gasteiger partial charge in [0.1, 0.15) is 12.0 Å². The van der Waals surface area contributed by atoms with Gasteiger partial charge in [-0.25, -0.2) is 4.79 Å². The topological polar surface area (TPSA) is 44.8 Å². The second-order valence-electron chi connectivity index (χ2n) is 4.21. The molecule has 0 unspecified atom stereocenters. The van der Waals surface area contributed by atoms with Crippen molar-refractivity contribution in [2.45, 2.75) is 0 Å². The molecule has 2 aromatic rings. The van der Waals surface area contributed by atoms with E-state index in [-0.39, 0.29) is 5.76 Å². The van der Waals surface area contributed by atoms with E-state index in [1.807, 2.05) is 48.5 Å². The average Bonchev–Trinajstić information content (AvgIpc) is 2.55. The first-order valence-corrected chi connectivity index (χ1v) is 6.39. The number of rotatable bonds is 5. The van der Waals surface area contributed by atoms with E-state index in [1.54, 1.807) is 6.07 Å². The first kappa shape index (κ1) is 14.7. The van der Waals surface area contributed by atoms with E-state index in [9.17, 15) is 4.79 Å². The fourth-order valence-corrected chi connectivity index (χ4v) is 1.82. The van der Waals surface area contributed by atoms with Crippen LogP contribution in [0.4, 0.5) is 0 Å². The quantitative estimate of drug-likeness (QED) is 0.479. The summed E-state index contributed by atoms with van der Waals surface area (Å²) in [5, 5.41) is 0. The lowest BCUT2D eigenvalue weighted by atomic mass is 10.1. The van der Waals surface area contributed by atoms with Gasteiger partial charge in [0.2, 0.25) is 5.76 Å². The number of carbonyl (C=O) groups is 1. The molecule has 0 atom stereocenters. The lowest BCUT2D eigenvalue weighted by Crippen LogP contribution is -2.11. The highest BCUT2D eigenvalue weighted by atomic mass is 16.6. The summed E-state index contributed by atoms with van der Waals surface area (Å²) >= 11 is 0. The summed E-state index contributed by atoms with van der Waals surface area (Å²) in [6.45, 7) is 0. The molecule has 4 nitrogen and oxygen atoms in total. The molecular formula is C17H16O4. The monoisotopic (exact) mass is 284 g/mol. The fraction of sp³-hybridized carbons (Fsp3) is 0.118. The molecule has 2 rings (SSSR count). The smallest absolute Gasteiger partial charge is 0.377 e. The van der Waals surface area contributed by atoms with Crippen molar-refractivity contribution in [1.82, 2.24) is 0 Å². The highest BCUT2D eigenvalue weighted by Gasteiger charge is 2.13. The molecule has 0 saturated carbocycles. The van der Waals surface area contributed by atoms with Gasteiger partial charge in [0.15, 0.2) is 0 Å². The third-order valence-electron chi connectivity index (χ3n) is 2.78. The molecule has 0 fully saturated rings. The van der Waals surface area contributed by atoms with E-state index < -0.39 is 5.97 Å². The largest absolute Gasteiger partial charge is 0.500 e. The average molecular weight is 284 g/mol. The molecule has 0 saturated heterocycles. The van der Waals surface area contributed by atoms with Crippen molar-refractivity contribution in [3.05, 3.63) is 66.6 Å². The van der Waals surface area contributed by atoms with Crippen molar-refractivity contribution >= 4 is 5.97 Å². The van der Waals surface area contributed by atoms with Crippen LogP contribution in [0.25, 0.3) is 11.1 Å². The van der Waals surface area contributed by atoms with Gasteiger partial charge in [-0.2, -0.15) is 0 Å². The van der Waals surface area contributed by atoms with Crippen LogP contribution in [0.2, 0.25) is 0 Å². The predicted octanol–water partition coefficient (Wildman–Crippen LogP) is 3.39. The van der Waals surface area contributed by atoms with Gasteiger partial charge in [-0.1, -0.05) is 42.5 Å². The van der Waals surface area contributed by atoms with Crippen molar-refractivity contribution in [3.63, 3.8) is 0 Å². The molecule has 0 aliphatic carbocycles. The number of methoxy groups -OCH3 is 2. The number of benzene rings is 2. The van der Waals surface area contributed by atoms with Crippen molar-refractivity contribution in [2.75, 3.05) is 14.2 Å². The molecule has 0 radical (unpaired) electrons. The Labute approximate surface area is 123 Å². The number of esters is 1.